The van der Waals surface area contributed by atoms with Crippen LogP contribution in [-0.4, -0.2) is 43.9 Å². The van der Waals surface area contributed by atoms with E-state index in [4.69, 9.17) is 21.1 Å². The van der Waals surface area contributed by atoms with Gasteiger partial charge in [0.15, 0.2) is 6.10 Å². The van der Waals surface area contributed by atoms with Gasteiger partial charge in [0.1, 0.15) is 4.90 Å². The van der Waals surface area contributed by atoms with E-state index in [9.17, 15) is 21.6 Å². The van der Waals surface area contributed by atoms with E-state index in [0.29, 0.717) is 0 Å². The first-order valence-corrected chi connectivity index (χ1v) is 11.9. The maximum absolute atomic E-state index is 13.9. The summed E-state index contributed by atoms with van der Waals surface area (Å²) in [5, 5.41) is -0.0587. The van der Waals surface area contributed by atoms with E-state index in [-0.39, 0.29) is 47.0 Å². The zero-order valence-corrected chi connectivity index (χ0v) is 18.6. The number of anilines is 1. The van der Waals surface area contributed by atoms with Crippen molar-refractivity contribution in [2.75, 3.05) is 17.9 Å². The SMILES string of the molecule is O=S(=O)(Nc1nc2ccccc2nc1OC(C1CCOCC1)C(F)(F)F)c1ccccc1Cl. The lowest BCUT2D eigenvalue weighted by Crippen LogP contribution is -2.43. The van der Waals surface area contributed by atoms with Crippen molar-refractivity contribution in [2.45, 2.75) is 30.0 Å². The molecule has 0 bridgehead atoms. The smallest absolute Gasteiger partial charge is 0.425 e. The van der Waals surface area contributed by atoms with E-state index in [1.165, 1.54) is 18.2 Å². The van der Waals surface area contributed by atoms with E-state index >= 15 is 0 Å². The second-order valence-corrected chi connectivity index (χ2v) is 9.49. The van der Waals surface area contributed by atoms with Gasteiger partial charge >= 0.3 is 6.18 Å². The van der Waals surface area contributed by atoms with Gasteiger partial charge in [0.2, 0.25) is 5.82 Å². The number of hydrogen-bond donors (Lipinski definition) is 1. The van der Waals surface area contributed by atoms with Gasteiger partial charge in [0.25, 0.3) is 15.9 Å². The van der Waals surface area contributed by atoms with Gasteiger partial charge in [-0.1, -0.05) is 35.9 Å². The number of alkyl halides is 3. The number of hydrogen-bond acceptors (Lipinski definition) is 6. The van der Waals surface area contributed by atoms with Gasteiger partial charge in [-0.15, -0.1) is 0 Å². The molecular formula is C21H19ClF3N3O4S. The molecule has 3 aromatic rings. The maximum Gasteiger partial charge on any atom is 0.425 e. The van der Waals surface area contributed by atoms with Gasteiger partial charge in [-0.05, 0) is 37.1 Å². The van der Waals surface area contributed by atoms with E-state index in [1.54, 1.807) is 30.3 Å². The molecule has 12 heteroatoms. The first-order chi connectivity index (χ1) is 15.6. The lowest BCUT2D eigenvalue weighted by atomic mass is 9.93. The quantitative estimate of drug-likeness (QED) is 0.521. The van der Waals surface area contributed by atoms with Gasteiger partial charge < -0.3 is 9.47 Å². The van der Waals surface area contributed by atoms with Crippen LogP contribution in [0.3, 0.4) is 0 Å². The first kappa shape index (κ1) is 23.5. The lowest BCUT2D eigenvalue weighted by molar-refractivity contribution is -0.216. The molecule has 0 radical (unpaired) electrons. The third kappa shape index (κ3) is 5.31. The van der Waals surface area contributed by atoms with Crippen molar-refractivity contribution in [3.8, 4) is 5.88 Å². The summed E-state index contributed by atoms with van der Waals surface area (Å²) in [5.74, 6) is -1.91. The molecule has 176 valence electrons. The predicted molar refractivity (Wildman–Crippen MR) is 116 cm³/mol. The number of fused-ring (bicyclic) bond motifs is 1. The molecule has 33 heavy (non-hydrogen) atoms. The number of nitrogens with one attached hydrogen (secondary N) is 1. The Hall–Kier alpha value is -2.63. The molecule has 0 amide bonds. The van der Waals surface area contributed by atoms with Crippen LogP contribution >= 0.6 is 11.6 Å². The summed E-state index contributed by atoms with van der Waals surface area (Å²) in [7, 11) is -4.30. The van der Waals surface area contributed by atoms with E-state index in [1.807, 2.05) is 0 Å². The second-order valence-electron chi connectivity index (χ2n) is 7.43. The minimum absolute atomic E-state index is 0.0587. The second kappa shape index (κ2) is 9.32. The minimum atomic E-state index is -4.71. The number of benzene rings is 2. The molecule has 1 aliphatic heterocycles. The molecule has 1 fully saturated rings. The van der Waals surface area contributed by atoms with Gasteiger partial charge in [-0.25, -0.2) is 18.4 Å². The van der Waals surface area contributed by atoms with Crippen molar-refractivity contribution in [2.24, 2.45) is 5.92 Å². The van der Waals surface area contributed by atoms with Crippen LogP contribution < -0.4 is 9.46 Å². The number of sulfonamides is 1. The molecule has 1 N–H and O–H groups in total. The fourth-order valence-electron chi connectivity index (χ4n) is 3.55. The van der Waals surface area contributed by atoms with Crippen molar-refractivity contribution < 1.29 is 31.1 Å². The van der Waals surface area contributed by atoms with Crippen molar-refractivity contribution >= 4 is 38.5 Å². The first-order valence-electron chi connectivity index (χ1n) is 10.0. The van der Waals surface area contributed by atoms with Crippen LogP contribution in [0.1, 0.15) is 12.8 Å². The topological polar surface area (TPSA) is 90.4 Å². The molecule has 4 rings (SSSR count). The van der Waals surface area contributed by atoms with E-state index in [2.05, 4.69) is 14.7 Å². The Bertz CT molecular complexity index is 1250. The Morgan fingerprint density at radius 2 is 1.64 bits per heavy atom. The normalized spacial score (nSPS) is 16.5. The largest absolute Gasteiger partial charge is 0.462 e. The zero-order chi connectivity index (χ0) is 23.6. The lowest BCUT2D eigenvalue weighted by Gasteiger charge is -2.31. The summed E-state index contributed by atoms with van der Waals surface area (Å²) in [6, 6.07) is 12.0. The Morgan fingerprint density at radius 3 is 2.27 bits per heavy atom. The highest BCUT2D eigenvalue weighted by molar-refractivity contribution is 7.92. The van der Waals surface area contributed by atoms with Crippen molar-refractivity contribution in [1.82, 2.24) is 9.97 Å². The third-order valence-corrected chi connectivity index (χ3v) is 6.99. The average Bonchev–Trinajstić information content (AvgIpc) is 2.77. The van der Waals surface area contributed by atoms with Crippen LogP contribution in [0.15, 0.2) is 53.4 Å². The van der Waals surface area contributed by atoms with Crippen LogP contribution in [0.2, 0.25) is 5.02 Å². The van der Waals surface area contributed by atoms with Crippen LogP contribution in [-0.2, 0) is 14.8 Å². The number of para-hydroxylation sites is 2. The van der Waals surface area contributed by atoms with Crippen molar-refractivity contribution in [3.05, 3.63) is 53.6 Å². The van der Waals surface area contributed by atoms with Gasteiger partial charge in [-0.3, -0.25) is 4.72 Å². The van der Waals surface area contributed by atoms with Crippen molar-refractivity contribution in [1.29, 1.82) is 0 Å². The van der Waals surface area contributed by atoms with E-state index in [0.717, 1.165) is 0 Å². The fraction of sp³-hybridized carbons (Fsp3) is 0.333. The van der Waals surface area contributed by atoms with Crippen LogP contribution in [0.25, 0.3) is 11.0 Å². The van der Waals surface area contributed by atoms with Crippen LogP contribution in [0, 0.1) is 5.92 Å². The molecule has 0 saturated carbocycles. The van der Waals surface area contributed by atoms with Crippen molar-refractivity contribution in [3.63, 3.8) is 0 Å². The Morgan fingerprint density at radius 1 is 1.03 bits per heavy atom. The van der Waals surface area contributed by atoms with Crippen LogP contribution in [0.4, 0.5) is 19.0 Å². The van der Waals surface area contributed by atoms with E-state index < -0.39 is 39.9 Å². The molecule has 7 nitrogen and oxygen atoms in total. The molecule has 1 unspecified atom stereocenters. The molecule has 1 atom stereocenters. The number of rotatable bonds is 6. The molecule has 1 saturated heterocycles. The van der Waals surface area contributed by atoms with Gasteiger partial charge in [0.05, 0.1) is 16.1 Å². The summed E-state index contributed by atoms with van der Waals surface area (Å²) in [5.41, 5.74) is 0.525. The third-order valence-electron chi connectivity index (χ3n) is 5.15. The van der Waals surface area contributed by atoms with Gasteiger partial charge in [0, 0.05) is 19.1 Å². The summed E-state index contributed by atoms with van der Waals surface area (Å²) >= 11 is 6.01. The summed E-state index contributed by atoms with van der Waals surface area (Å²) < 4.78 is 80.4. The fourth-order valence-corrected chi connectivity index (χ4v) is 5.07. The Kier molecular flexibility index (Phi) is 6.64. The predicted octanol–water partition coefficient (Wildman–Crippen LogP) is 4.82. The van der Waals surface area contributed by atoms with Gasteiger partial charge in [-0.2, -0.15) is 13.2 Å². The number of halogens is 4. The molecule has 2 heterocycles. The minimum Gasteiger partial charge on any atom is -0.462 e. The molecule has 1 aliphatic rings. The highest BCUT2D eigenvalue weighted by Gasteiger charge is 2.48. The Labute approximate surface area is 192 Å². The Balaban J connectivity index is 1.77. The molecular weight excluding hydrogens is 483 g/mol. The number of ether oxygens (including phenoxy) is 2. The molecule has 0 aliphatic carbocycles. The molecule has 1 aromatic heterocycles. The summed E-state index contributed by atoms with van der Waals surface area (Å²) in [6.07, 6.45) is -6.63. The molecule has 2 aromatic carbocycles. The summed E-state index contributed by atoms with van der Waals surface area (Å²) in [4.78, 5) is 8.07. The standard InChI is InChI=1S/C21H19ClF3N3O4S/c22-14-5-1-4-8-17(14)33(29,30)28-19-20(27-16-7-3-2-6-15(16)26-19)32-18(21(23,24)25)13-9-11-31-12-10-13/h1-8,13,18H,9-12H2,(H,26,28). The maximum atomic E-state index is 13.9. The monoisotopic (exact) mass is 501 g/mol. The number of nitrogens with zero attached hydrogens (tertiary/aromatic N) is 2. The highest BCUT2D eigenvalue weighted by atomic mass is 35.5. The highest BCUT2D eigenvalue weighted by Crippen LogP contribution is 2.37. The average molecular weight is 502 g/mol. The van der Waals surface area contributed by atoms with Crippen LogP contribution in [0.5, 0.6) is 5.88 Å². The zero-order valence-electron chi connectivity index (χ0n) is 17.0. The number of aromatic nitrogens is 2. The summed E-state index contributed by atoms with van der Waals surface area (Å²) in [6.45, 7) is 0.353. The molecule has 0 spiro atoms.